The second kappa shape index (κ2) is 9.09. The molecule has 29 heavy (non-hydrogen) atoms. The van der Waals surface area contributed by atoms with Gasteiger partial charge in [0.1, 0.15) is 0 Å². The zero-order chi connectivity index (χ0) is 20.2. The fourth-order valence-corrected chi connectivity index (χ4v) is 5.75. The third kappa shape index (κ3) is 4.53. The topological polar surface area (TPSA) is 84.4 Å². The molecule has 3 N–H and O–H groups in total. The molecular formula is C21H28N4O3S. The number of hydrogen-bond acceptors (Lipinski definition) is 4. The normalized spacial score (nSPS) is 23.1. The van der Waals surface area contributed by atoms with Crippen LogP contribution in [0.25, 0.3) is 10.9 Å². The third-order valence-corrected chi connectivity index (χ3v) is 7.21. The minimum Gasteiger partial charge on any atom is -0.383 e. The fraction of sp³-hybridized carbons (Fsp3) is 0.524. The molecule has 0 saturated carbocycles. The first-order chi connectivity index (χ1) is 14.2. The summed E-state index contributed by atoms with van der Waals surface area (Å²) in [6.07, 6.45) is 5.41. The molecule has 2 aliphatic heterocycles. The summed E-state index contributed by atoms with van der Waals surface area (Å²) in [5, 5.41) is 10.6. The second-order valence-electron chi connectivity index (χ2n) is 7.66. The molecule has 0 unspecified atom stereocenters. The van der Waals surface area contributed by atoms with Gasteiger partial charge in [-0.3, -0.25) is 4.79 Å². The van der Waals surface area contributed by atoms with Crippen molar-refractivity contribution in [2.24, 2.45) is 0 Å². The number of fused-ring (bicyclic) bond motifs is 2. The highest BCUT2D eigenvalue weighted by molar-refractivity contribution is 8.00. The van der Waals surface area contributed by atoms with E-state index in [1.165, 1.54) is 0 Å². The van der Waals surface area contributed by atoms with Crippen molar-refractivity contribution >= 4 is 40.3 Å². The lowest BCUT2D eigenvalue weighted by atomic mass is 10.0. The standard InChI is InChI=1S/C21H28N4O3S/c1-28-12-11-25-10-9-14-15(5-4-6-17(14)25)22-19(26)8-3-2-7-18-20-16(13-29-18)23-21(27)24-20/h4-6,9-10,16,18,20H,2-3,7-8,11-13H2,1H3,(H,22,26)(H2,23,24,27)/t16-,18+,20+/m0/s1. The molecule has 1 aromatic heterocycles. The number of amides is 3. The van der Waals surface area contributed by atoms with E-state index in [1.807, 2.05) is 36.2 Å². The summed E-state index contributed by atoms with van der Waals surface area (Å²) in [5.74, 6) is 1.03. The molecular weight excluding hydrogens is 388 g/mol. The number of nitrogens with zero attached hydrogens (tertiary/aromatic N) is 1. The predicted molar refractivity (Wildman–Crippen MR) is 116 cm³/mol. The van der Waals surface area contributed by atoms with E-state index in [-0.39, 0.29) is 24.0 Å². The number of ether oxygens (including phenoxy) is 1. The van der Waals surface area contributed by atoms with Crippen molar-refractivity contribution < 1.29 is 14.3 Å². The Morgan fingerprint density at radius 2 is 2.21 bits per heavy atom. The van der Waals surface area contributed by atoms with Gasteiger partial charge < -0.3 is 25.3 Å². The number of aromatic nitrogens is 1. The van der Waals surface area contributed by atoms with E-state index in [9.17, 15) is 9.59 Å². The summed E-state index contributed by atoms with van der Waals surface area (Å²) in [4.78, 5) is 23.9. The van der Waals surface area contributed by atoms with Gasteiger partial charge >= 0.3 is 6.03 Å². The molecule has 3 atom stereocenters. The van der Waals surface area contributed by atoms with Crippen molar-refractivity contribution in [1.29, 1.82) is 0 Å². The molecule has 0 spiro atoms. The summed E-state index contributed by atoms with van der Waals surface area (Å²) in [6.45, 7) is 1.44. The highest BCUT2D eigenvalue weighted by Gasteiger charge is 2.42. The Kier molecular flexibility index (Phi) is 6.30. The average molecular weight is 417 g/mol. The van der Waals surface area contributed by atoms with E-state index < -0.39 is 0 Å². The number of carbonyl (C=O) groups is 2. The maximum absolute atomic E-state index is 12.4. The zero-order valence-electron chi connectivity index (χ0n) is 16.6. The zero-order valence-corrected chi connectivity index (χ0v) is 17.5. The lowest BCUT2D eigenvalue weighted by Gasteiger charge is -2.16. The van der Waals surface area contributed by atoms with Crippen LogP contribution < -0.4 is 16.0 Å². The van der Waals surface area contributed by atoms with Gasteiger partial charge in [0.05, 0.1) is 29.9 Å². The molecule has 2 aliphatic rings. The Hall–Kier alpha value is -2.19. The smallest absolute Gasteiger partial charge is 0.315 e. The predicted octanol–water partition coefficient (Wildman–Crippen LogP) is 2.95. The Bertz CT molecular complexity index is 884. The molecule has 0 bridgehead atoms. The van der Waals surface area contributed by atoms with Gasteiger partial charge in [-0.05, 0) is 31.0 Å². The van der Waals surface area contributed by atoms with Gasteiger partial charge in [0.2, 0.25) is 5.91 Å². The number of nitrogens with one attached hydrogen (secondary N) is 3. The number of urea groups is 1. The first-order valence-electron chi connectivity index (χ1n) is 10.2. The van der Waals surface area contributed by atoms with Gasteiger partial charge in [0, 0.05) is 42.7 Å². The van der Waals surface area contributed by atoms with Gasteiger partial charge in [-0.25, -0.2) is 4.79 Å². The first kappa shape index (κ1) is 20.1. The average Bonchev–Trinajstić information content (AvgIpc) is 3.38. The SMILES string of the molecule is COCCn1ccc2c(NC(=O)CCCC[C@H]3SC[C@@H]4NC(=O)N[C@H]43)cccc21. The Labute approximate surface area is 174 Å². The Morgan fingerprint density at radius 1 is 1.31 bits per heavy atom. The van der Waals surface area contributed by atoms with E-state index in [1.54, 1.807) is 7.11 Å². The van der Waals surface area contributed by atoms with E-state index in [2.05, 4.69) is 26.6 Å². The van der Waals surface area contributed by atoms with Crippen molar-refractivity contribution in [3.63, 3.8) is 0 Å². The Morgan fingerprint density at radius 3 is 3.07 bits per heavy atom. The summed E-state index contributed by atoms with van der Waals surface area (Å²) in [5.41, 5.74) is 1.96. The maximum atomic E-state index is 12.4. The molecule has 0 radical (unpaired) electrons. The van der Waals surface area contributed by atoms with Crippen LogP contribution in [0.4, 0.5) is 10.5 Å². The number of carbonyl (C=O) groups excluding carboxylic acids is 2. The van der Waals surface area contributed by atoms with Crippen molar-refractivity contribution in [1.82, 2.24) is 15.2 Å². The summed E-state index contributed by atoms with van der Waals surface area (Å²) >= 11 is 1.92. The van der Waals surface area contributed by atoms with Crippen molar-refractivity contribution in [3.05, 3.63) is 30.5 Å². The van der Waals surface area contributed by atoms with E-state index in [4.69, 9.17) is 4.74 Å². The van der Waals surface area contributed by atoms with Crippen LogP contribution >= 0.6 is 11.8 Å². The minimum atomic E-state index is -0.0464. The van der Waals surface area contributed by atoms with Gasteiger partial charge in [0.15, 0.2) is 0 Å². The molecule has 3 amide bonds. The summed E-state index contributed by atoms with van der Waals surface area (Å²) < 4.78 is 7.30. The molecule has 3 heterocycles. The number of hydrogen-bond donors (Lipinski definition) is 3. The van der Waals surface area contributed by atoms with Crippen LogP contribution in [0, 0.1) is 0 Å². The van der Waals surface area contributed by atoms with Crippen LogP contribution in [0.1, 0.15) is 25.7 Å². The van der Waals surface area contributed by atoms with Gasteiger partial charge in [-0.15, -0.1) is 0 Å². The lowest BCUT2D eigenvalue weighted by Crippen LogP contribution is -2.36. The van der Waals surface area contributed by atoms with Gasteiger partial charge in [0.25, 0.3) is 0 Å². The number of methoxy groups -OCH3 is 1. The second-order valence-corrected chi connectivity index (χ2v) is 8.93. The van der Waals surface area contributed by atoms with Crippen LogP contribution in [0.5, 0.6) is 0 Å². The van der Waals surface area contributed by atoms with Crippen LogP contribution in [0.3, 0.4) is 0 Å². The highest BCUT2D eigenvalue weighted by atomic mass is 32.2. The summed E-state index contributed by atoms with van der Waals surface area (Å²) in [7, 11) is 1.70. The molecule has 1 aromatic carbocycles. The van der Waals surface area contributed by atoms with Crippen LogP contribution in [-0.2, 0) is 16.1 Å². The van der Waals surface area contributed by atoms with Gasteiger partial charge in [-0.2, -0.15) is 11.8 Å². The van der Waals surface area contributed by atoms with Crippen molar-refractivity contribution in [2.75, 3.05) is 24.8 Å². The van der Waals surface area contributed by atoms with E-state index in [0.29, 0.717) is 18.3 Å². The van der Waals surface area contributed by atoms with Crippen LogP contribution in [0.2, 0.25) is 0 Å². The molecule has 4 rings (SSSR count). The molecule has 2 saturated heterocycles. The quantitative estimate of drug-likeness (QED) is 0.433. The minimum absolute atomic E-state index is 0.0464. The van der Waals surface area contributed by atoms with E-state index >= 15 is 0 Å². The molecule has 7 nitrogen and oxygen atoms in total. The number of anilines is 1. The number of benzene rings is 1. The van der Waals surface area contributed by atoms with E-state index in [0.717, 1.165) is 48.2 Å². The maximum Gasteiger partial charge on any atom is 0.315 e. The number of rotatable bonds is 9. The fourth-order valence-electron chi connectivity index (χ4n) is 4.20. The van der Waals surface area contributed by atoms with Crippen LogP contribution in [-0.4, -0.2) is 53.3 Å². The van der Waals surface area contributed by atoms with Crippen molar-refractivity contribution in [3.8, 4) is 0 Å². The molecule has 8 heteroatoms. The monoisotopic (exact) mass is 416 g/mol. The highest BCUT2D eigenvalue weighted by Crippen LogP contribution is 2.33. The lowest BCUT2D eigenvalue weighted by molar-refractivity contribution is -0.116. The van der Waals surface area contributed by atoms with Gasteiger partial charge in [-0.1, -0.05) is 12.5 Å². The first-order valence-corrected chi connectivity index (χ1v) is 11.3. The number of thioether (sulfide) groups is 1. The molecule has 2 aromatic rings. The third-order valence-electron chi connectivity index (χ3n) is 5.70. The number of unbranched alkanes of at least 4 members (excludes halogenated alkanes) is 1. The molecule has 2 fully saturated rings. The van der Waals surface area contributed by atoms with Crippen molar-refractivity contribution in [2.45, 2.75) is 49.6 Å². The molecule has 0 aliphatic carbocycles. The Balaban J connectivity index is 1.25. The largest absolute Gasteiger partial charge is 0.383 e. The molecule has 156 valence electrons. The van der Waals surface area contributed by atoms with Crippen LogP contribution in [0.15, 0.2) is 30.5 Å². The summed E-state index contributed by atoms with van der Waals surface area (Å²) in [6, 6.07) is 8.47.